The molecule has 0 saturated heterocycles. The molecule has 1 aromatic rings. The van der Waals surface area contributed by atoms with Crippen molar-refractivity contribution in [2.45, 2.75) is 32.9 Å². The first kappa shape index (κ1) is 16.5. The number of amides is 2. The first-order valence-corrected chi connectivity index (χ1v) is 7.58. The zero-order valence-electron chi connectivity index (χ0n) is 13.4. The van der Waals surface area contributed by atoms with Crippen LogP contribution < -0.4 is 5.32 Å². The normalized spacial score (nSPS) is 17.5. The van der Waals surface area contributed by atoms with E-state index in [1.54, 1.807) is 24.5 Å². The molecule has 0 unspecified atom stereocenters. The van der Waals surface area contributed by atoms with E-state index >= 15 is 0 Å². The molecule has 1 aliphatic heterocycles. The maximum absolute atomic E-state index is 12.4. The first-order chi connectivity index (χ1) is 10.5. The van der Waals surface area contributed by atoms with Crippen molar-refractivity contribution in [3.8, 4) is 0 Å². The van der Waals surface area contributed by atoms with Crippen LogP contribution in [0.5, 0.6) is 0 Å². The molecule has 0 radical (unpaired) electrons. The van der Waals surface area contributed by atoms with Crippen molar-refractivity contribution in [3.05, 3.63) is 18.2 Å². The van der Waals surface area contributed by atoms with E-state index in [-0.39, 0.29) is 11.8 Å². The van der Waals surface area contributed by atoms with Crippen molar-refractivity contribution in [3.63, 3.8) is 0 Å². The van der Waals surface area contributed by atoms with Gasteiger partial charge in [-0.1, -0.05) is 13.8 Å². The number of nitrogens with zero attached hydrogens (tertiary/aromatic N) is 3. The van der Waals surface area contributed by atoms with Crippen LogP contribution in [0.1, 0.15) is 32.0 Å². The lowest BCUT2D eigenvalue weighted by Crippen LogP contribution is -2.47. The highest BCUT2D eigenvalue weighted by Crippen LogP contribution is 2.22. The van der Waals surface area contributed by atoms with Gasteiger partial charge in [0, 0.05) is 26.3 Å². The zero-order chi connectivity index (χ0) is 16.1. The van der Waals surface area contributed by atoms with Gasteiger partial charge in [0.15, 0.2) is 0 Å². The summed E-state index contributed by atoms with van der Waals surface area (Å²) in [5.74, 6) is 0.267. The van der Waals surface area contributed by atoms with E-state index in [1.165, 1.54) is 0 Å². The summed E-state index contributed by atoms with van der Waals surface area (Å²) in [5.41, 5.74) is 0.884. The Morgan fingerprint density at radius 1 is 1.50 bits per heavy atom. The number of carbonyl (C=O) groups excluding carboxylic acids is 2. The molecule has 0 aromatic carbocycles. The van der Waals surface area contributed by atoms with Crippen LogP contribution in [0.3, 0.4) is 0 Å². The molecule has 1 aliphatic rings. The third-order valence-corrected chi connectivity index (χ3v) is 3.67. The molecule has 22 heavy (non-hydrogen) atoms. The molecule has 2 rings (SSSR count). The Morgan fingerprint density at radius 2 is 2.27 bits per heavy atom. The predicted molar refractivity (Wildman–Crippen MR) is 81.0 cm³/mol. The Labute approximate surface area is 130 Å². The Hall–Kier alpha value is -1.89. The van der Waals surface area contributed by atoms with Gasteiger partial charge in [-0.2, -0.15) is 0 Å². The minimum Gasteiger partial charge on any atom is -0.383 e. The van der Waals surface area contributed by atoms with Crippen LogP contribution in [0.25, 0.3) is 0 Å². The molecule has 1 N–H and O–H groups in total. The fourth-order valence-electron chi connectivity index (χ4n) is 2.56. The highest BCUT2D eigenvalue weighted by molar-refractivity contribution is 5.83. The number of ether oxygens (including phenoxy) is 1. The van der Waals surface area contributed by atoms with E-state index in [0.717, 1.165) is 5.69 Å². The summed E-state index contributed by atoms with van der Waals surface area (Å²) in [7, 11) is 1.59. The monoisotopic (exact) mass is 308 g/mol. The van der Waals surface area contributed by atoms with E-state index in [1.807, 2.05) is 18.4 Å². The number of aromatic nitrogens is 2. The lowest BCUT2D eigenvalue weighted by molar-refractivity contribution is -0.136. The van der Waals surface area contributed by atoms with Gasteiger partial charge < -0.3 is 19.5 Å². The highest BCUT2D eigenvalue weighted by Gasteiger charge is 2.32. The maximum atomic E-state index is 12.4. The van der Waals surface area contributed by atoms with Gasteiger partial charge in [0.1, 0.15) is 6.04 Å². The average Bonchev–Trinajstić information content (AvgIpc) is 2.93. The number of hydrogen-bond donors (Lipinski definition) is 1. The van der Waals surface area contributed by atoms with Crippen molar-refractivity contribution >= 4 is 11.8 Å². The van der Waals surface area contributed by atoms with E-state index in [4.69, 9.17) is 4.74 Å². The Bertz CT molecular complexity index is 527. The Kier molecular flexibility index (Phi) is 5.54. The van der Waals surface area contributed by atoms with Gasteiger partial charge in [0.2, 0.25) is 11.8 Å². The topological polar surface area (TPSA) is 76.5 Å². The second-order valence-electron chi connectivity index (χ2n) is 5.96. The molecule has 2 amide bonds. The van der Waals surface area contributed by atoms with Gasteiger partial charge in [-0.15, -0.1) is 0 Å². The number of rotatable bonds is 6. The minimum atomic E-state index is -0.431. The summed E-state index contributed by atoms with van der Waals surface area (Å²) in [6.07, 6.45) is 3.86. The van der Waals surface area contributed by atoms with Crippen molar-refractivity contribution in [1.29, 1.82) is 0 Å². The first-order valence-electron chi connectivity index (χ1n) is 7.58. The Morgan fingerprint density at radius 3 is 2.95 bits per heavy atom. The summed E-state index contributed by atoms with van der Waals surface area (Å²) in [5, 5.41) is 2.83. The van der Waals surface area contributed by atoms with Gasteiger partial charge in [0.05, 0.1) is 31.7 Å². The van der Waals surface area contributed by atoms with Crippen LogP contribution in [0, 0.1) is 5.92 Å². The average molecular weight is 308 g/mol. The Balaban J connectivity index is 2.09. The number of imidazole rings is 1. The van der Waals surface area contributed by atoms with Gasteiger partial charge in [-0.05, 0) is 5.92 Å². The third kappa shape index (κ3) is 3.85. The fraction of sp³-hybridized carbons (Fsp3) is 0.667. The fourth-order valence-corrected chi connectivity index (χ4v) is 2.56. The molecule has 1 atom stereocenters. The number of carbonyl (C=O) groups is 2. The second-order valence-corrected chi connectivity index (χ2v) is 5.96. The molecular weight excluding hydrogens is 284 g/mol. The smallest absolute Gasteiger partial charge is 0.245 e. The number of methoxy groups -OCH3 is 1. The van der Waals surface area contributed by atoms with Crippen molar-refractivity contribution in [1.82, 2.24) is 19.8 Å². The molecule has 7 heteroatoms. The molecular formula is C15H24N4O3. The zero-order valence-corrected chi connectivity index (χ0v) is 13.4. The molecule has 0 spiro atoms. The van der Waals surface area contributed by atoms with E-state index in [2.05, 4.69) is 10.3 Å². The molecule has 122 valence electrons. The SMILES string of the molecule is COCCNC(=O)[C@@H]1CN(C(=O)CC(C)C)Cc2cncn21. The van der Waals surface area contributed by atoms with Crippen molar-refractivity contribution in [2.24, 2.45) is 5.92 Å². The quantitative estimate of drug-likeness (QED) is 0.780. The van der Waals surface area contributed by atoms with Gasteiger partial charge >= 0.3 is 0 Å². The molecule has 7 nitrogen and oxygen atoms in total. The van der Waals surface area contributed by atoms with Crippen LogP contribution in [-0.2, 0) is 20.9 Å². The van der Waals surface area contributed by atoms with E-state index in [0.29, 0.717) is 38.6 Å². The second kappa shape index (κ2) is 7.40. The molecule has 0 saturated carbocycles. The van der Waals surface area contributed by atoms with E-state index < -0.39 is 6.04 Å². The molecule has 0 bridgehead atoms. The molecule has 0 fully saturated rings. The van der Waals surface area contributed by atoms with Crippen LogP contribution in [0.4, 0.5) is 0 Å². The number of fused-ring (bicyclic) bond motifs is 1. The largest absolute Gasteiger partial charge is 0.383 e. The summed E-state index contributed by atoms with van der Waals surface area (Å²) in [6.45, 7) is 5.84. The van der Waals surface area contributed by atoms with Crippen LogP contribution >= 0.6 is 0 Å². The minimum absolute atomic E-state index is 0.0807. The van der Waals surface area contributed by atoms with Gasteiger partial charge in [-0.25, -0.2) is 4.98 Å². The van der Waals surface area contributed by atoms with Crippen LogP contribution in [0.15, 0.2) is 12.5 Å². The molecule has 2 heterocycles. The highest BCUT2D eigenvalue weighted by atomic mass is 16.5. The molecule has 0 aliphatic carbocycles. The van der Waals surface area contributed by atoms with E-state index in [9.17, 15) is 9.59 Å². The summed E-state index contributed by atoms with van der Waals surface area (Å²) in [4.78, 5) is 30.5. The van der Waals surface area contributed by atoms with Crippen molar-refractivity contribution < 1.29 is 14.3 Å². The summed E-state index contributed by atoms with van der Waals surface area (Å²) in [6, 6.07) is -0.431. The lowest BCUT2D eigenvalue weighted by Gasteiger charge is -2.34. The van der Waals surface area contributed by atoms with Gasteiger partial charge in [-0.3, -0.25) is 9.59 Å². The van der Waals surface area contributed by atoms with Crippen molar-refractivity contribution in [2.75, 3.05) is 26.8 Å². The van der Waals surface area contributed by atoms with Gasteiger partial charge in [0.25, 0.3) is 0 Å². The predicted octanol–water partition coefficient (Wildman–Crippen LogP) is 0.575. The molecule has 1 aromatic heterocycles. The number of hydrogen-bond acceptors (Lipinski definition) is 4. The third-order valence-electron chi connectivity index (χ3n) is 3.67. The summed E-state index contributed by atoms with van der Waals surface area (Å²) >= 11 is 0. The maximum Gasteiger partial charge on any atom is 0.245 e. The number of nitrogens with one attached hydrogen (secondary N) is 1. The van der Waals surface area contributed by atoms with Crippen LogP contribution in [0.2, 0.25) is 0 Å². The standard InChI is InChI=1S/C15H24N4O3/c1-11(2)6-14(20)18-8-12-7-16-10-19(12)13(9-18)15(21)17-4-5-22-3/h7,10-11,13H,4-6,8-9H2,1-3H3,(H,17,21)/t13-/m0/s1. The lowest BCUT2D eigenvalue weighted by atomic mass is 10.1. The summed E-state index contributed by atoms with van der Waals surface area (Å²) < 4.78 is 6.79. The van der Waals surface area contributed by atoms with Crippen LogP contribution in [-0.4, -0.2) is 53.1 Å².